The lowest BCUT2D eigenvalue weighted by atomic mass is 9.87. The average molecular weight is 523 g/mol. The van der Waals surface area contributed by atoms with Crippen LogP contribution in [0.3, 0.4) is 0 Å². The number of hydrogen-bond acceptors (Lipinski definition) is 7. The van der Waals surface area contributed by atoms with Crippen LogP contribution in [0.25, 0.3) is 11.3 Å². The predicted octanol–water partition coefficient (Wildman–Crippen LogP) is 4.53. The molecule has 10 nitrogen and oxygen atoms in total. The van der Waals surface area contributed by atoms with Gasteiger partial charge in [-0.3, -0.25) is 9.78 Å². The molecular weight excluding hydrogens is 488 g/mol. The van der Waals surface area contributed by atoms with Crippen molar-refractivity contribution in [3.63, 3.8) is 0 Å². The third-order valence-electron chi connectivity index (χ3n) is 6.25. The largest absolute Gasteiger partial charge is 0.456 e. The van der Waals surface area contributed by atoms with Crippen molar-refractivity contribution in [3.05, 3.63) is 48.2 Å². The summed E-state index contributed by atoms with van der Waals surface area (Å²) >= 11 is 0. The molecule has 2 aliphatic heterocycles. The zero-order valence-corrected chi connectivity index (χ0v) is 22.7. The Hall–Kier alpha value is -3.95. The number of likely N-dealkylation sites (tertiary alicyclic amines) is 1. The van der Waals surface area contributed by atoms with Crippen LogP contribution < -0.4 is 10.2 Å². The Kier molecular flexibility index (Phi) is 6.94. The SMILES string of the molecule is CC(C)(C)OC(=O)c1ccc(-c2ccc(N3C(=O)NC4(CCN(C(=O)OC(C)(C)C)CC4)C3=O)cn2)cc1. The number of carbonyl (C=O) groups is 4. The number of carbonyl (C=O) groups excluding carboxylic acids is 4. The van der Waals surface area contributed by atoms with Gasteiger partial charge in [0.2, 0.25) is 0 Å². The molecule has 2 aromatic rings. The van der Waals surface area contributed by atoms with Crippen LogP contribution in [0, 0.1) is 0 Å². The first-order chi connectivity index (χ1) is 17.7. The van der Waals surface area contributed by atoms with Crippen molar-refractivity contribution in [2.24, 2.45) is 0 Å². The Morgan fingerprint density at radius 3 is 2.03 bits per heavy atom. The molecule has 1 aromatic heterocycles. The van der Waals surface area contributed by atoms with E-state index in [2.05, 4.69) is 10.3 Å². The number of benzene rings is 1. The van der Waals surface area contributed by atoms with Crippen LogP contribution in [-0.2, 0) is 14.3 Å². The molecule has 3 heterocycles. The molecule has 10 heteroatoms. The lowest BCUT2D eigenvalue weighted by Crippen LogP contribution is -2.56. The van der Waals surface area contributed by atoms with Crippen molar-refractivity contribution in [1.82, 2.24) is 15.2 Å². The number of imide groups is 1. The molecule has 2 fully saturated rings. The third kappa shape index (κ3) is 5.79. The van der Waals surface area contributed by atoms with Crippen LogP contribution >= 0.6 is 0 Å². The number of piperidine rings is 1. The fraction of sp³-hybridized carbons (Fsp3) is 0.464. The normalized spacial score (nSPS) is 17.4. The number of pyridine rings is 1. The molecule has 0 saturated carbocycles. The van der Waals surface area contributed by atoms with Gasteiger partial charge in [0.15, 0.2) is 0 Å². The summed E-state index contributed by atoms with van der Waals surface area (Å²) in [7, 11) is 0. The van der Waals surface area contributed by atoms with Gasteiger partial charge in [0.25, 0.3) is 5.91 Å². The van der Waals surface area contributed by atoms with Crippen molar-refractivity contribution in [1.29, 1.82) is 0 Å². The highest BCUT2D eigenvalue weighted by atomic mass is 16.6. The van der Waals surface area contributed by atoms with Crippen LogP contribution in [0.1, 0.15) is 64.7 Å². The summed E-state index contributed by atoms with van der Waals surface area (Å²) in [6.07, 6.45) is 1.63. The topological polar surface area (TPSA) is 118 Å². The van der Waals surface area contributed by atoms with Crippen molar-refractivity contribution in [2.45, 2.75) is 71.1 Å². The van der Waals surface area contributed by atoms with Crippen molar-refractivity contribution in [2.75, 3.05) is 18.0 Å². The molecule has 0 atom stereocenters. The average Bonchev–Trinajstić information content (AvgIpc) is 3.06. The summed E-state index contributed by atoms with van der Waals surface area (Å²) in [5, 5.41) is 2.84. The first-order valence-electron chi connectivity index (χ1n) is 12.6. The molecule has 202 valence electrons. The summed E-state index contributed by atoms with van der Waals surface area (Å²) in [6, 6.07) is 9.74. The maximum atomic E-state index is 13.4. The molecule has 0 bridgehead atoms. The monoisotopic (exact) mass is 522 g/mol. The van der Waals surface area contributed by atoms with Crippen molar-refractivity contribution < 1.29 is 28.7 Å². The number of rotatable bonds is 3. The van der Waals surface area contributed by atoms with E-state index in [1.54, 1.807) is 62.1 Å². The minimum atomic E-state index is -1.06. The van der Waals surface area contributed by atoms with E-state index < -0.39 is 34.8 Å². The van der Waals surface area contributed by atoms with Gasteiger partial charge in [-0.1, -0.05) is 12.1 Å². The molecule has 0 unspecified atom stereocenters. The molecule has 0 aliphatic carbocycles. The zero-order valence-electron chi connectivity index (χ0n) is 22.7. The number of anilines is 1. The van der Waals surface area contributed by atoms with Crippen LogP contribution in [0.15, 0.2) is 42.6 Å². The van der Waals surface area contributed by atoms with Gasteiger partial charge >= 0.3 is 18.1 Å². The van der Waals surface area contributed by atoms with E-state index >= 15 is 0 Å². The number of amides is 4. The molecule has 0 radical (unpaired) electrons. The molecular formula is C28H34N4O6. The number of ether oxygens (including phenoxy) is 2. The van der Waals surface area contributed by atoms with Gasteiger partial charge in [-0.15, -0.1) is 0 Å². The standard InChI is InChI=1S/C28H34N4O6/c1-26(2,3)37-22(33)19-9-7-18(8-10-19)21-12-11-20(17-29-21)32-23(34)28(30-24(32)35)13-15-31(16-14-28)25(36)38-27(4,5)6/h7-12,17H,13-16H2,1-6H3,(H,30,35). The minimum Gasteiger partial charge on any atom is -0.456 e. The van der Waals surface area contributed by atoms with Crippen molar-refractivity contribution in [3.8, 4) is 11.3 Å². The van der Waals surface area contributed by atoms with E-state index in [-0.39, 0.29) is 5.91 Å². The van der Waals surface area contributed by atoms with Gasteiger partial charge in [0, 0.05) is 18.7 Å². The zero-order chi connectivity index (χ0) is 27.9. The smallest absolute Gasteiger partial charge is 0.410 e. The number of urea groups is 1. The highest BCUT2D eigenvalue weighted by Gasteiger charge is 2.53. The Morgan fingerprint density at radius 1 is 0.895 bits per heavy atom. The lowest BCUT2D eigenvalue weighted by molar-refractivity contribution is -0.123. The molecule has 38 heavy (non-hydrogen) atoms. The maximum absolute atomic E-state index is 13.4. The van der Waals surface area contributed by atoms with E-state index in [9.17, 15) is 19.2 Å². The second kappa shape index (κ2) is 9.74. The molecule has 2 saturated heterocycles. The quantitative estimate of drug-likeness (QED) is 0.465. The Morgan fingerprint density at radius 2 is 1.50 bits per heavy atom. The number of nitrogens with zero attached hydrogens (tertiary/aromatic N) is 3. The van der Waals surface area contributed by atoms with E-state index in [4.69, 9.17) is 9.47 Å². The Labute approximate surface area is 222 Å². The highest BCUT2D eigenvalue weighted by molar-refractivity contribution is 6.23. The third-order valence-corrected chi connectivity index (χ3v) is 6.25. The fourth-order valence-electron chi connectivity index (χ4n) is 4.39. The molecule has 2 aliphatic rings. The second-order valence-electron chi connectivity index (χ2n) is 11.6. The molecule has 1 aromatic carbocycles. The van der Waals surface area contributed by atoms with Gasteiger partial charge in [-0.25, -0.2) is 19.3 Å². The van der Waals surface area contributed by atoms with Gasteiger partial charge < -0.3 is 19.7 Å². The summed E-state index contributed by atoms with van der Waals surface area (Å²) in [5.74, 6) is -0.764. The van der Waals surface area contributed by atoms with Crippen LogP contribution in [-0.4, -0.2) is 63.7 Å². The van der Waals surface area contributed by atoms with E-state index in [0.717, 1.165) is 10.5 Å². The van der Waals surface area contributed by atoms with Crippen LogP contribution in [0.2, 0.25) is 0 Å². The number of esters is 1. The number of hydrogen-bond donors (Lipinski definition) is 1. The maximum Gasteiger partial charge on any atom is 0.410 e. The number of aromatic nitrogens is 1. The summed E-state index contributed by atoms with van der Waals surface area (Å²) in [5.41, 5.74) is -0.0781. The molecule has 1 spiro atoms. The highest BCUT2D eigenvalue weighted by Crippen LogP contribution is 2.33. The van der Waals surface area contributed by atoms with Crippen LogP contribution in [0.5, 0.6) is 0 Å². The Bertz CT molecular complexity index is 1230. The minimum absolute atomic E-state index is 0.294. The first kappa shape index (κ1) is 27.1. The first-order valence-corrected chi connectivity index (χ1v) is 12.6. The van der Waals surface area contributed by atoms with E-state index in [1.807, 2.05) is 20.8 Å². The summed E-state index contributed by atoms with van der Waals surface area (Å²) in [4.78, 5) is 58.0. The van der Waals surface area contributed by atoms with Gasteiger partial charge in [-0.05, 0) is 78.6 Å². The Balaban J connectivity index is 1.43. The summed E-state index contributed by atoms with van der Waals surface area (Å²) in [6.45, 7) is 11.4. The van der Waals surface area contributed by atoms with E-state index in [1.165, 1.54) is 6.20 Å². The fourth-order valence-corrected chi connectivity index (χ4v) is 4.39. The van der Waals surface area contributed by atoms with Gasteiger partial charge in [-0.2, -0.15) is 0 Å². The number of nitrogens with one attached hydrogen (secondary N) is 1. The molecule has 1 N–H and O–H groups in total. The molecule has 4 rings (SSSR count). The predicted molar refractivity (Wildman–Crippen MR) is 141 cm³/mol. The van der Waals surface area contributed by atoms with E-state index in [0.29, 0.717) is 42.9 Å². The van der Waals surface area contributed by atoms with Crippen molar-refractivity contribution >= 4 is 29.7 Å². The molecule has 4 amide bonds. The van der Waals surface area contributed by atoms with Crippen LogP contribution in [0.4, 0.5) is 15.3 Å². The summed E-state index contributed by atoms with van der Waals surface area (Å²) < 4.78 is 10.8. The van der Waals surface area contributed by atoms with Gasteiger partial charge in [0.1, 0.15) is 16.7 Å². The second-order valence-corrected chi connectivity index (χ2v) is 11.6. The lowest BCUT2D eigenvalue weighted by Gasteiger charge is -2.37. The van der Waals surface area contributed by atoms with Gasteiger partial charge in [0.05, 0.1) is 23.1 Å².